The molecule has 2 rings (SSSR count). The Labute approximate surface area is 104 Å². The van der Waals surface area contributed by atoms with Crippen molar-refractivity contribution in [1.82, 2.24) is 24.7 Å². The van der Waals surface area contributed by atoms with Crippen LogP contribution in [-0.2, 0) is 0 Å². The van der Waals surface area contributed by atoms with E-state index in [1.807, 2.05) is 6.92 Å². The molecule has 0 spiro atoms. The highest BCUT2D eigenvalue weighted by Gasteiger charge is 2.07. The normalized spacial score (nSPS) is 10.3. The van der Waals surface area contributed by atoms with E-state index in [2.05, 4.69) is 30.7 Å². The number of aromatic nitrogens is 5. The molecule has 0 aliphatic heterocycles. The van der Waals surface area contributed by atoms with Crippen LogP contribution in [-0.4, -0.2) is 49.5 Å². The average Bonchev–Trinajstić information content (AvgIpc) is 2.90. The van der Waals surface area contributed by atoms with Crippen LogP contribution in [0.15, 0.2) is 18.5 Å². The van der Waals surface area contributed by atoms with Gasteiger partial charge in [0.25, 0.3) is 5.95 Å². The quantitative estimate of drug-likeness (QED) is 0.656. The summed E-state index contributed by atoms with van der Waals surface area (Å²) in [6.45, 7) is 3.06. The maximum atomic E-state index is 8.79. The topological polar surface area (TPSA) is 101 Å². The molecule has 0 fully saturated rings. The van der Waals surface area contributed by atoms with E-state index in [-0.39, 0.29) is 6.61 Å². The summed E-state index contributed by atoms with van der Waals surface area (Å²) >= 11 is 0. The Morgan fingerprint density at radius 1 is 1.22 bits per heavy atom. The molecule has 0 amide bonds. The first kappa shape index (κ1) is 12.2. The summed E-state index contributed by atoms with van der Waals surface area (Å²) in [5.74, 6) is 1.30. The molecule has 0 saturated heterocycles. The van der Waals surface area contributed by atoms with Gasteiger partial charge in [-0.05, 0) is 13.0 Å². The lowest BCUT2D eigenvalue weighted by atomic mass is 10.6. The predicted molar refractivity (Wildman–Crippen MR) is 66.7 cm³/mol. The molecular weight excluding hydrogens is 234 g/mol. The van der Waals surface area contributed by atoms with Crippen LogP contribution in [0.4, 0.5) is 11.9 Å². The Bertz CT molecular complexity index is 485. The average molecular weight is 249 g/mol. The van der Waals surface area contributed by atoms with Crippen LogP contribution in [0, 0.1) is 0 Å². The lowest BCUT2D eigenvalue weighted by Gasteiger charge is -2.08. The van der Waals surface area contributed by atoms with Gasteiger partial charge in [0.05, 0.1) is 6.61 Å². The van der Waals surface area contributed by atoms with Crippen LogP contribution in [0.2, 0.25) is 0 Å². The molecule has 0 radical (unpaired) electrons. The van der Waals surface area contributed by atoms with Gasteiger partial charge in [-0.2, -0.15) is 20.1 Å². The third-order valence-electron chi connectivity index (χ3n) is 2.06. The second-order valence-corrected chi connectivity index (χ2v) is 3.41. The summed E-state index contributed by atoms with van der Waals surface area (Å²) < 4.78 is 1.55. The van der Waals surface area contributed by atoms with Crippen molar-refractivity contribution in [2.24, 2.45) is 0 Å². The molecule has 3 N–H and O–H groups in total. The van der Waals surface area contributed by atoms with Crippen molar-refractivity contribution in [1.29, 1.82) is 0 Å². The maximum Gasteiger partial charge on any atom is 0.257 e. The van der Waals surface area contributed by atoms with Crippen molar-refractivity contribution in [3.8, 4) is 5.95 Å². The maximum absolute atomic E-state index is 8.79. The highest BCUT2D eigenvalue weighted by molar-refractivity contribution is 5.37. The smallest absolute Gasteiger partial charge is 0.257 e. The molecule has 8 heteroatoms. The lowest BCUT2D eigenvalue weighted by molar-refractivity contribution is 0.310. The Morgan fingerprint density at radius 3 is 2.61 bits per heavy atom. The van der Waals surface area contributed by atoms with E-state index < -0.39 is 0 Å². The number of nitrogens with one attached hydrogen (secondary N) is 2. The fourth-order valence-electron chi connectivity index (χ4n) is 1.34. The van der Waals surface area contributed by atoms with Gasteiger partial charge in [0.2, 0.25) is 11.9 Å². The molecule has 18 heavy (non-hydrogen) atoms. The fourth-order valence-corrected chi connectivity index (χ4v) is 1.34. The summed E-state index contributed by atoms with van der Waals surface area (Å²) in [7, 11) is 0. The largest absolute Gasteiger partial charge is 0.395 e. The van der Waals surface area contributed by atoms with Crippen LogP contribution in [0.5, 0.6) is 0 Å². The highest BCUT2D eigenvalue weighted by atomic mass is 16.3. The van der Waals surface area contributed by atoms with Crippen molar-refractivity contribution < 1.29 is 5.11 Å². The van der Waals surface area contributed by atoms with Gasteiger partial charge in [-0.3, -0.25) is 0 Å². The molecule has 2 heterocycles. The molecule has 2 aromatic heterocycles. The molecular formula is C10H15N7O. The minimum atomic E-state index is 0.0132. The standard InChI is InChI=1S/C10H15N7O/c1-2-11-8-14-9(12-5-7-18)16-10(15-8)17-6-3-4-13-17/h3-4,6,18H,2,5,7H2,1H3,(H2,11,12,14,15,16). The summed E-state index contributed by atoms with van der Waals surface area (Å²) in [6, 6.07) is 1.79. The lowest BCUT2D eigenvalue weighted by Crippen LogP contribution is -2.14. The molecule has 0 saturated carbocycles. The molecule has 0 aliphatic carbocycles. The van der Waals surface area contributed by atoms with E-state index in [1.54, 1.807) is 23.1 Å². The number of aliphatic hydroxyl groups is 1. The Morgan fingerprint density at radius 2 is 2.00 bits per heavy atom. The molecule has 8 nitrogen and oxygen atoms in total. The van der Waals surface area contributed by atoms with E-state index in [9.17, 15) is 0 Å². The molecule has 0 aliphatic rings. The third kappa shape index (κ3) is 2.92. The zero-order valence-corrected chi connectivity index (χ0v) is 10.0. The predicted octanol–water partition coefficient (Wildman–Crippen LogP) is -0.107. The monoisotopic (exact) mass is 249 g/mol. The summed E-state index contributed by atoms with van der Waals surface area (Å²) in [5, 5.41) is 18.8. The van der Waals surface area contributed by atoms with E-state index in [1.165, 1.54) is 0 Å². The molecule has 2 aromatic rings. The van der Waals surface area contributed by atoms with Crippen molar-refractivity contribution >= 4 is 11.9 Å². The van der Waals surface area contributed by atoms with Crippen molar-refractivity contribution in [2.45, 2.75) is 6.92 Å². The summed E-state index contributed by atoms with van der Waals surface area (Å²) in [6.07, 6.45) is 3.40. The molecule has 0 aromatic carbocycles. The van der Waals surface area contributed by atoms with Gasteiger partial charge in [0.15, 0.2) is 0 Å². The number of hydrogen-bond acceptors (Lipinski definition) is 7. The van der Waals surface area contributed by atoms with Gasteiger partial charge in [0.1, 0.15) is 0 Å². The highest BCUT2D eigenvalue weighted by Crippen LogP contribution is 2.08. The van der Waals surface area contributed by atoms with Crippen LogP contribution in [0.25, 0.3) is 5.95 Å². The van der Waals surface area contributed by atoms with Crippen LogP contribution < -0.4 is 10.6 Å². The Hall–Kier alpha value is -2.22. The van der Waals surface area contributed by atoms with Gasteiger partial charge in [-0.15, -0.1) is 0 Å². The van der Waals surface area contributed by atoms with Crippen LogP contribution in [0.3, 0.4) is 0 Å². The second kappa shape index (κ2) is 5.92. The van der Waals surface area contributed by atoms with Crippen LogP contribution in [0.1, 0.15) is 6.92 Å². The van der Waals surface area contributed by atoms with E-state index in [0.717, 1.165) is 0 Å². The summed E-state index contributed by atoms with van der Waals surface area (Å²) in [4.78, 5) is 12.6. The number of nitrogens with zero attached hydrogens (tertiary/aromatic N) is 5. The van der Waals surface area contributed by atoms with E-state index in [4.69, 9.17) is 5.11 Å². The van der Waals surface area contributed by atoms with Crippen molar-refractivity contribution in [3.63, 3.8) is 0 Å². The minimum Gasteiger partial charge on any atom is -0.395 e. The molecule has 96 valence electrons. The zero-order chi connectivity index (χ0) is 12.8. The number of rotatable bonds is 6. The van der Waals surface area contributed by atoms with E-state index >= 15 is 0 Å². The SMILES string of the molecule is CCNc1nc(NCCO)nc(-n2cccn2)n1. The number of aliphatic hydroxyl groups excluding tert-OH is 1. The minimum absolute atomic E-state index is 0.0132. The van der Waals surface area contributed by atoms with Gasteiger partial charge in [-0.25, -0.2) is 4.68 Å². The van der Waals surface area contributed by atoms with Gasteiger partial charge >= 0.3 is 0 Å². The van der Waals surface area contributed by atoms with Gasteiger partial charge < -0.3 is 15.7 Å². The van der Waals surface area contributed by atoms with Gasteiger partial charge in [0, 0.05) is 25.5 Å². The van der Waals surface area contributed by atoms with Gasteiger partial charge in [-0.1, -0.05) is 0 Å². The fraction of sp³-hybridized carbons (Fsp3) is 0.400. The van der Waals surface area contributed by atoms with Crippen molar-refractivity contribution in [2.75, 3.05) is 30.3 Å². The van der Waals surface area contributed by atoms with Crippen LogP contribution >= 0.6 is 0 Å². The first-order chi connectivity index (χ1) is 8.83. The first-order valence-corrected chi connectivity index (χ1v) is 5.68. The second-order valence-electron chi connectivity index (χ2n) is 3.41. The zero-order valence-electron chi connectivity index (χ0n) is 10.0. The van der Waals surface area contributed by atoms with E-state index in [0.29, 0.717) is 30.9 Å². The number of hydrogen-bond donors (Lipinski definition) is 3. The third-order valence-corrected chi connectivity index (χ3v) is 2.06. The number of anilines is 2. The molecule has 0 unspecified atom stereocenters. The Balaban J connectivity index is 2.30. The first-order valence-electron chi connectivity index (χ1n) is 5.68. The Kier molecular flexibility index (Phi) is 4.02. The molecule has 0 bridgehead atoms. The molecule has 0 atom stereocenters. The summed E-state index contributed by atoms with van der Waals surface area (Å²) in [5.41, 5.74) is 0. The van der Waals surface area contributed by atoms with Crippen molar-refractivity contribution in [3.05, 3.63) is 18.5 Å².